The van der Waals surface area contributed by atoms with Crippen molar-refractivity contribution in [2.75, 3.05) is 17.2 Å². The molecule has 5 N–H and O–H groups in total. The summed E-state index contributed by atoms with van der Waals surface area (Å²) < 4.78 is 1.71. The molecule has 0 saturated carbocycles. The second-order valence-electron chi connectivity index (χ2n) is 6.68. The second kappa shape index (κ2) is 8.49. The molecule has 4 rings (SSSR count). The Morgan fingerprint density at radius 1 is 1.48 bits per heavy atom. The Morgan fingerprint density at radius 3 is 2.87 bits per heavy atom. The van der Waals surface area contributed by atoms with Crippen LogP contribution in [0, 0.1) is 0 Å². The summed E-state index contributed by atoms with van der Waals surface area (Å²) in [6.45, 7) is 0. The fourth-order valence-corrected chi connectivity index (χ4v) is 6.10. The summed E-state index contributed by atoms with van der Waals surface area (Å²) in [7, 11) is 1.78. The van der Waals surface area contributed by atoms with Crippen molar-refractivity contribution in [3.63, 3.8) is 0 Å². The lowest BCUT2D eigenvalue weighted by Crippen LogP contribution is -2.70. The van der Waals surface area contributed by atoms with Crippen LogP contribution < -0.4 is 11.1 Å². The summed E-state index contributed by atoms with van der Waals surface area (Å²) in [4.78, 5) is 42.0. The van der Waals surface area contributed by atoms with Crippen molar-refractivity contribution in [1.82, 2.24) is 30.0 Å². The van der Waals surface area contributed by atoms with Crippen LogP contribution in [0.4, 0.5) is 5.13 Å². The smallest absolute Gasteiger partial charge is 0.352 e. The molecule has 2 aliphatic rings. The van der Waals surface area contributed by atoms with E-state index in [1.807, 2.05) is 0 Å². The van der Waals surface area contributed by atoms with Gasteiger partial charge in [0.05, 0.1) is 5.69 Å². The van der Waals surface area contributed by atoms with Crippen molar-refractivity contribution in [2.45, 2.75) is 22.7 Å². The van der Waals surface area contributed by atoms with E-state index in [9.17, 15) is 24.6 Å². The van der Waals surface area contributed by atoms with E-state index in [0.29, 0.717) is 22.2 Å². The standard InChI is InChI=1S/C16H17N7O5S3/c1-22-5-18-21-16(22)31-3-6-2-29-13-8(12(26)23(13)9(6)14(27)28)20-11(25)10(24)7-4-30-15(17)19-7/h4-5,8,10,13,24H,2-3H2,1H3,(H2,17,19)(H,20,25)(H,27,28)/t8?,10?,13-/m1/s1. The number of nitrogens with two attached hydrogens (primary N) is 1. The Morgan fingerprint density at radius 2 is 2.26 bits per heavy atom. The van der Waals surface area contributed by atoms with Crippen molar-refractivity contribution >= 4 is 57.8 Å². The number of carboxylic acid groups (broad SMARTS) is 1. The van der Waals surface area contributed by atoms with Crippen LogP contribution in [-0.4, -0.2) is 75.6 Å². The molecule has 2 aliphatic heterocycles. The molecule has 12 nitrogen and oxygen atoms in total. The van der Waals surface area contributed by atoms with E-state index in [1.165, 1.54) is 33.8 Å². The third-order valence-corrected chi connectivity index (χ3v) is 7.81. The van der Waals surface area contributed by atoms with Crippen LogP contribution in [0.5, 0.6) is 0 Å². The molecule has 0 aliphatic carbocycles. The van der Waals surface area contributed by atoms with E-state index in [0.717, 1.165) is 11.3 Å². The molecule has 0 aromatic carbocycles. The number of anilines is 1. The summed E-state index contributed by atoms with van der Waals surface area (Å²) >= 11 is 3.75. The van der Waals surface area contributed by atoms with Gasteiger partial charge in [0.15, 0.2) is 16.4 Å². The third-order valence-electron chi connectivity index (χ3n) is 4.66. The molecule has 2 aromatic rings. The largest absolute Gasteiger partial charge is 0.477 e. The maximum atomic E-state index is 12.7. The summed E-state index contributed by atoms with van der Waals surface area (Å²) in [5, 5.41) is 31.8. The fourth-order valence-electron chi connectivity index (χ4n) is 3.14. The van der Waals surface area contributed by atoms with Crippen LogP contribution in [0.15, 0.2) is 28.1 Å². The first-order chi connectivity index (χ1) is 14.8. The first-order valence-corrected chi connectivity index (χ1v) is 11.8. The number of β-lactam (4-membered cyclic amide) rings is 1. The first kappa shape index (κ1) is 21.6. The quantitative estimate of drug-likeness (QED) is 0.293. The van der Waals surface area contributed by atoms with Gasteiger partial charge in [-0.15, -0.1) is 33.3 Å². The fraction of sp³-hybridized carbons (Fsp3) is 0.375. The van der Waals surface area contributed by atoms with Crippen LogP contribution >= 0.6 is 34.9 Å². The number of thiazole rings is 1. The number of fused-ring (bicyclic) bond motifs is 1. The van der Waals surface area contributed by atoms with Gasteiger partial charge in [0.2, 0.25) is 0 Å². The summed E-state index contributed by atoms with van der Waals surface area (Å²) in [5.74, 6) is -1.85. The van der Waals surface area contributed by atoms with E-state index in [4.69, 9.17) is 5.73 Å². The number of hydrogen-bond acceptors (Lipinski definition) is 11. The Hall–Kier alpha value is -2.62. The highest BCUT2D eigenvalue weighted by molar-refractivity contribution is 8.01. The summed E-state index contributed by atoms with van der Waals surface area (Å²) in [6, 6.07) is -0.939. The van der Waals surface area contributed by atoms with Crippen LogP contribution in [0.3, 0.4) is 0 Å². The summed E-state index contributed by atoms with van der Waals surface area (Å²) in [6.07, 6.45) is -0.0296. The molecule has 0 radical (unpaired) electrons. The Labute approximate surface area is 187 Å². The number of nitrogen functional groups attached to an aromatic ring is 1. The number of rotatable bonds is 7. The van der Waals surface area contributed by atoms with Crippen molar-refractivity contribution in [2.24, 2.45) is 7.05 Å². The first-order valence-electron chi connectivity index (χ1n) is 8.84. The molecule has 3 atom stereocenters. The highest BCUT2D eigenvalue weighted by Crippen LogP contribution is 2.41. The predicted octanol–water partition coefficient (Wildman–Crippen LogP) is -0.582. The minimum Gasteiger partial charge on any atom is -0.477 e. The molecular formula is C16H17N7O5S3. The van der Waals surface area contributed by atoms with Crippen LogP contribution in [0.2, 0.25) is 0 Å². The number of carboxylic acids is 1. The molecule has 2 aromatic heterocycles. The topological polar surface area (TPSA) is 177 Å². The predicted molar refractivity (Wildman–Crippen MR) is 113 cm³/mol. The highest BCUT2D eigenvalue weighted by atomic mass is 32.2. The van der Waals surface area contributed by atoms with E-state index in [1.54, 1.807) is 17.9 Å². The maximum Gasteiger partial charge on any atom is 0.352 e. The average Bonchev–Trinajstić information content (AvgIpc) is 3.36. The van der Waals surface area contributed by atoms with Gasteiger partial charge < -0.3 is 25.8 Å². The van der Waals surface area contributed by atoms with Gasteiger partial charge in [-0.05, 0) is 5.57 Å². The Balaban J connectivity index is 1.46. The number of aromatic nitrogens is 4. The number of carbonyl (C=O) groups is 3. The summed E-state index contributed by atoms with van der Waals surface area (Å²) in [5.41, 5.74) is 6.11. The molecule has 2 unspecified atom stereocenters. The van der Waals surface area contributed by atoms with E-state index in [2.05, 4.69) is 20.5 Å². The van der Waals surface area contributed by atoms with Gasteiger partial charge >= 0.3 is 5.97 Å². The molecular weight excluding hydrogens is 466 g/mol. The lowest BCUT2D eigenvalue weighted by molar-refractivity contribution is -0.151. The van der Waals surface area contributed by atoms with Gasteiger partial charge in [-0.1, -0.05) is 11.8 Å². The zero-order valence-electron chi connectivity index (χ0n) is 16.0. The number of aryl methyl sites for hydroxylation is 1. The Kier molecular flexibility index (Phi) is 5.92. The van der Waals surface area contributed by atoms with Crippen LogP contribution in [0.25, 0.3) is 0 Å². The Bertz CT molecular complexity index is 1080. The number of amides is 2. The lowest BCUT2D eigenvalue weighted by atomic mass is 10.0. The molecule has 1 saturated heterocycles. The maximum absolute atomic E-state index is 12.7. The van der Waals surface area contributed by atoms with Gasteiger partial charge in [-0.25, -0.2) is 9.78 Å². The van der Waals surface area contributed by atoms with Crippen molar-refractivity contribution < 1.29 is 24.6 Å². The van der Waals surface area contributed by atoms with Crippen molar-refractivity contribution in [1.29, 1.82) is 0 Å². The number of aliphatic carboxylic acids is 1. The molecule has 31 heavy (non-hydrogen) atoms. The highest BCUT2D eigenvalue weighted by Gasteiger charge is 2.54. The molecule has 4 heterocycles. The normalized spacial score (nSPS) is 21.5. The van der Waals surface area contributed by atoms with Crippen molar-refractivity contribution in [3.05, 3.63) is 28.7 Å². The molecule has 15 heteroatoms. The van der Waals surface area contributed by atoms with Gasteiger partial charge in [-0.3, -0.25) is 14.5 Å². The molecule has 1 fully saturated rings. The minimum absolute atomic E-state index is 0.0817. The molecule has 0 spiro atoms. The van der Waals surface area contributed by atoms with Gasteiger partial charge in [0.25, 0.3) is 11.8 Å². The molecule has 164 valence electrons. The molecule has 0 bridgehead atoms. The zero-order chi connectivity index (χ0) is 22.3. The average molecular weight is 484 g/mol. The number of aliphatic hydroxyl groups excluding tert-OH is 1. The number of aliphatic hydroxyl groups is 1. The van der Waals surface area contributed by atoms with Gasteiger partial charge in [0.1, 0.15) is 23.4 Å². The second-order valence-corrected chi connectivity index (χ2v) is 9.62. The zero-order valence-corrected chi connectivity index (χ0v) is 18.4. The van der Waals surface area contributed by atoms with Gasteiger partial charge in [-0.2, -0.15) is 0 Å². The van der Waals surface area contributed by atoms with Crippen molar-refractivity contribution in [3.8, 4) is 0 Å². The monoisotopic (exact) mass is 483 g/mol. The van der Waals surface area contributed by atoms with Gasteiger partial charge in [0, 0.05) is 23.9 Å². The number of hydrogen-bond donors (Lipinski definition) is 4. The SMILES string of the molecule is Cn1cnnc1SCC1=C(C(=O)O)N2C(=O)C(NC(=O)C(O)c3csc(N)n3)[C@H]2SC1. The number of nitrogens with one attached hydrogen (secondary N) is 1. The molecule has 2 amide bonds. The number of nitrogens with zero attached hydrogens (tertiary/aromatic N) is 5. The van der Waals surface area contributed by atoms with E-state index in [-0.39, 0.29) is 16.5 Å². The number of thioether (sulfide) groups is 2. The van der Waals surface area contributed by atoms with Crippen LogP contribution in [0.1, 0.15) is 11.8 Å². The van der Waals surface area contributed by atoms with E-state index < -0.39 is 35.3 Å². The third kappa shape index (κ3) is 4.00. The lowest BCUT2D eigenvalue weighted by Gasteiger charge is -2.49. The van der Waals surface area contributed by atoms with Crippen LogP contribution in [-0.2, 0) is 21.4 Å². The minimum atomic E-state index is -1.57. The number of carbonyl (C=O) groups excluding carboxylic acids is 2. The van der Waals surface area contributed by atoms with E-state index >= 15 is 0 Å².